The maximum atomic E-state index is 12.7. The molecule has 1 fully saturated rings. The Morgan fingerprint density at radius 3 is 2.26 bits per heavy atom. The molecule has 1 aliphatic heterocycles. The standard InChI is InChI=1S/C17H23Cl2N3O4S/c1-3-21(11-15(23)20-16-13(18)5-4-6-14(16)19)17(24)12-7-9-22(10-8-12)27(2,25)26/h4-6,12H,3,7-11H2,1-2H3,(H,20,23). The second kappa shape index (κ2) is 9.23. The van der Waals surface area contributed by atoms with Gasteiger partial charge < -0.3 is 10.2 Å². The van der Waals surface area contributed by atoms with Crippen LogP contribution in [-0.4, -0.2) is 61.9 Å². The molecule has 27 heavy (non-hydrogen) atoms. The van der Waals surface area contributed by atoms with Crippen LogP contribution in [-0.2, 0) is 19.6 Å². The highest BCUT2D eigenvalue weighted by Gasteiger charge is 2.31. The molecule has 150 valence electrons. The molecule has 0 unspecified atom stereocenters. The van der Waals surface area contributed by atoms with Crippen LogP contribution in [0.1, 0.15) is 19.8 Å². The van der Waals surface area contributed by atoms with Gasteiger partial charge in [0.05, 0.1) is 28.5 Å². The SMILES string of the molecule is CCN(CC(=O)Nc1c(Cl)cccc1Cl)C(=O)C1CCN(S(C)(=O)=O)CC1. The molecule has 2 rings (SSSR count). The topological polar surface area (TPSA) is 86.8 Å². The van der Waals surface area contributed by atoms with Crippen LogP contribution in [0.3, 0.4) is 0 Å². The average molecular weight is 436 g/mol. The van der Waals surface area contributed by atoms with Gasteiger partial charge in [-0.25, -0.2) is 12.7 Å². The fourth-order valence-electron chi connectivity index (χ4n) is 3.01. The van der Waals surface area contributed by atoms with E-state index in [9.17, 15) is 18.0 Å². The first-order valence-corrected chi connectivity index (χ1v) is 11.2. The van der Waals surface area contributed by atoms with Gasteiger partial charge in [-0.3, -0.25) is 9.59 Å². The molecular formula is C17H23Cl2N3O4S. The third-order valence-corrected chi connectivity index (χ3v) is 6.46. The number of nitrogens with one attached hydrogen (secondary N) is 1. The summed E-state index contributed by atoms with van der Waals surface area (Å²) in [6, 6.07) is 4.90. The van der Waals surface area contributed by atoms with E-state index < -0.39 is 15.9 Å². The minimum atomic E-state index is -3.24. The van der Waals surface area contributed by atoms with Crippen molar-refractivity contribution in [2.45, 2.75) is 19.8 Å². The zero-order chi connectivity index (χ0) is 20.2. The molecule has 1 N–H and O–H groups in total. The van der Waals surface area contributed by atoms with Gasteiger partial charge in [0.2, 0.25) is 21.8 Å². The largest absolute Gasteiger partial charge is 0.333 e. The first kappa shape index (κ1) is 21.9. The molecule has 1 aromatic carbocycles. The third kappa shape index (κ3) is 5.81. The lowest BCUT2D eigenvalue weighted by Crippen LogP contribution is -2.46. The zero-order valence-corrected chi connectivity index (χ0v) is 17.6. The van der Waals surface area contributed by atoms with Crippen molar-refractivity contribution >= 4 is 50.7 Å². The lowest BCUT2D eigenvalue weighted by atomic mass is 9.96. The molecule has 1 aliphatic rings. The molecule has 1 aromatic rings. The highest BCUT2D eigenvalue weighted by atomic mass is 35.5. The number of para-hydroxylation sites is 1. The van der Waals surface area contributed by atoms with E-state index in [1.807, 2.05) is 0 Å². The second-order valence-corrected chi connectivity index (χ2v) is 9.23. The number of anilines is 1. The van der Waals surface area contributed by atoms with Crippen molar-refractivity contribution in [3.05, 3.63) is 28.2 Å². The van der Waals surface area contributed by atoms with Gasteiger partial charge >= 0.3 is 0 Å². The Hall–Kier alpha value is -1.35. The van der Waals surface area contributed by atoms with Crippen LogP contribution >= 0.6 is 23.2 Å². The number of amides is 2. The number of likely N-dealkylation sites (N-methyl/N-ethyl adjacent to an activating group) is 1. The Labute approximate surface area is 169 Å². The molecule has 1 heterocycles. The molecule has 0 bridgehead atoms. The number of carbonyl (C=O) groups excluding carboxylic acids is 2. The Bertz CT molecular complexity index is 788. The Balaban J connectivity index is 1.96. The zero-order valence-electron chi connectivity index (χ0n) is 15.2. The molecule has 7 nitrogen and oxygen atoms in total. The lowest BCUT2D eigenvalue weighted by Gasteiger charge is -2.32. The smallest absolute Gasteiger partial charge is 0.244 e. The van der Waals surface area contributed by atoms with Crippen LogP contribution in [0.2, 0.25) is 10.0 Å². The molecule has 0 aliphatic carbocycles. The van der Waals surface area contributed by atoms with Crippen molar-refractivity contribution in [3.63, 3.8) is 0 Å². The van der Waals surface area contributed by atoms with Crippen molar-refractivity contribution in [1.29, 1.82) is 0 Å². The van der Waals surface area contributed by atoms with E-state index in [4.69, 9.17) is 23.2 Å². The number of carbonyl (C=O) groups is 2. The summed E-state index contributed by atoms with van der Waals surface area (Å²) >= 11 is 12.1. The van der Waals surface area contributed by atoms with Gasteiger partial charge in [-0.2, -0.15) is 0 Å². The van der Waals surface area contributed by atoms with E-state index in [-0.39, 0.29) is 18.4 Å². The van der Waals surface area contributed by atoms with Crippen molar-refractivity contribution in [1.82, 2.24) is 9.21 Å². The van der Waals surface area contributed by atoms with Crippen LogP contribution in [0, 0.1) is 5.92 Å². The Morgan fingerprint density at radius 2 is 1.78 bits per heavy atom. The molecule has 0 spiro atoms. The summed E-state index contributed by atoms with van der Waals surface area (Å²) in [7, 11) is -3.24. The molecule has 0 atom stereocenters. The first-order valence-electron chi connectivity index (χ1n) is 8.61. The van der Waals surface area contributed by atoms with Crippen LogP contribution in [0.4, 0.5) is 5.69 Å². The van der Waals surface area contributed by atoms with E-state index in [2.05, 4.69) is 5.32 Å². The minimum absolute atomic E-state index is 0.122. The molecule has 10 heteroatoms. The van der Waals surface area contributed by atoms with E-state index in [1.165, 1.54) is 9.21 Å². The van der Waals surface area contributed by atoms with Crippen molar-refractivity contribution in [2.75, 3.05) is 37.8 Å². The van der Waals surface area contributed by atoms with Crippen molar-refractivity contribution in [2.24, 2.45) is 5.92 Å². The van der Waals surface area contributed by atoms with Gasteiger partial charge in [0.15, 0.2) is 0 Å². The van der Waals surface area contributed by atoms with E-state index in [0.29, 0.717) is 48.2 Å². The fraction of sp³-hybridized carbons (Fsp3) is 0.529. The molecule has 0 saturated carbocycles. The molecule has 0 aromatic heterocycles. The number of hydrogen-bond acceptors (Lipinski definition) is 4. The minimum Gasteiger partial charge on any atom is -0.333 e. The van der Waals surface area contributed by atoms with Crippen molar-refractivity contribution in [3.8, 4) is 0 Å². The second-order valence-electron chi connectivity index (χ2n) is 6.43. The molecule has 0 radical (unpaired) electrons. The lowest BCUT2D eigenvalue weighted by molar-refractivity contribution is -0.139. The van der Waals surface area contributed by atoms with E-state index in [0.717, 1.165) is 6.26 Å². The summed E-state index contributed by atoms with van der Waals surface area (Å²) in [5.41, 5.74) is 0.316. The Morgan fingerprint density at radius 1 is 1.22 bits per heavy atom. The third-order valence-electron chi connectivity index (χ3n) is 4.53. The highest BCUT2D eigenvalue weighted by Crippen LogP contribution is 2.29. The van der Waals surface area contributed by atoms with Crippen LogP contribution in [0.25, 0.3) is 0 Å². The van der Waals surface area contributed by atoms with Gasteiger partial charge in [-0.05, 0) is 31.9 Å². The summed E-state index contributed by atoms with van der Waals surface area (Å²) < 4.78 is 24.5. The van der Waals surface area contributed by atoms with E-state index >= 15 is 0 Å². The fourth-order valence-corrected chi connectivity index (χ4v) is 4.37. The highest BCUT2D eigenvalue weighted by molar-refractivity contribution is 7.88. The maximum Gasteiger partial charge on any atom is 0.244 e. The predicted molar refractivity (Wildman–Crippen MR) is 106 cm³/mol. The number of halogens is 2. The summed E-state index contributed by atoms with van der Waals surface area (Å²) in [5.74, 6) is -0.834. The number of nitrogens with zero attached hydrogens (tertiary/aromatic N) is 2. The summed E-state index contributed by atoms with van der Waals surface area (Å²) in [6.45, 7) is 2.67. The number of rotatable bonds is 6. The normalized spacial score (nSPS) is 16.1. The summed E-state index contributed by atoms with van der Waals surface area (Å²) in [5, 5.41) is 3.28. The van der Waals surface area contributed by atoms with Crippen LogP contribution < -0.4 is 5.32 Å². The monoisotopic (exact) mass is 435 g/mol. The van der Waals surface area contributed by atoms with Gasteiger partial charge in [-0.15, -0.1) is 0 Å². The number of hydrogen-bond donors (Lipinski definition) is 1. The van der Waals surface area contributed by atoms with Crippen molar-refractivity contribution < 1.29 is 18.0 Å². The number of benzene rings is 1. The first-order chi connectivity index (χ1) is 12.6. The quantitative estimate of drug-likeness (QED) is 0.742. The number of piperidine rings is 1. The van der Waals surface area contributed by atoms with Gasteiger partial charge in [0, 0.05) is 25.6 Å². The number of sulfonamides is 1. The van der Waals surface area contributed by atoms with Gasteiger partial charge in [0.25, 0.3) is 0 Å². The summed E-state index contributed by atoms with van der Waals surface area (Å²) in [4.78, 5) is 26.5. The van der Waals surface area contributed by atoms with Crippen LogP contribution in [0.5, 0.6) is 0 Å². The molecular weight excluding hydrogens is 413 g/mol. The maximum absolute atomic E-state index is 12.7. The van der Waals surface area contributed by atoms with Crippen LogP contribution in [0.15, 0.2) is 18.2 Å². The van der Waals surface area contributed by atoms with Gasteiger partial charge in [-0.1, -0.05) is 29.3 Å². The van der Waals surface area contributed by atoms with Gasteiger partial charge in [0.1, 0.15) is 0 Å². The average Bonchev–Trinajstić information content (AvgIpc) is 2.61. The molecule has 1 saturated heterocycles. The van der Waals surface area contributed by atoms with E-state index in [1.54, 1.807) is 25.1 Å². The molecule has 2 amide bonds. The predicted octanol–water partition coefficient (Wildman–Crippen LogP) is 2.45. The Kier molecular flexibility index (Phi) is 7.50. The summed E-state index contributed by atoms with van der Waals surface area (Å²) in [6.07, 6.45) is 2.05.